The van der Waals surface area contributed by atoms with Crippen molar-refractivity contribution in [3.8, 4) is 0 Å². The third-order valence-electron chi connectivity index (χ3n) is 3.05. The van der Waals surface area contributed by atoms with Gasteiger partial charge in [-0.2, -0.15) is 23.5 Å². The van der Waals surface area contributed by atoms with Crippen molar-refractivity contribution in [3.05, 3.63) is 24.3 Å². The lowest BCUT2D eigenvalue weighted by molar-refractivity contribution is 0.521. The largest absolute Gasteiger partial charge is 0.383 e. The van der Waals surface area contributed by atoms with Gasteiger partial charge < -0.3 is 5.32 Å². The first-order chi connectivity index (χ1) is 9.51. The number of sulfonamides is 1. The first-order valence-corrected chi connectivity index (χ1v) is 10.1. The van der Waals surface area contributed by atoms with Gasteiger partial charge in [-0.1, -0.05) is 12.1 Å². The lowest BCUT2D eigenvalue weighted by Gasteiger charge is -2.23. The van der Waals surface area contributed by atoms with Crippen LogP contribution in [0.1, 0.15) is 0 Å². The molecule has 1 aliphatic heterocycles. The molecule has 20 heavy (non-hydrogen) atoms. The van der Waals surface area contributed by atoms with Crippen LogP contribution in [0.5, 0.6) is 0 Å². The molecule has 1 aliphatic rings. The molecule has 112 valence electrons. The van der Waals surface area contributed by atoms with E-state index in [1.54, 1.807) is 26.2 Å². The predicted molar refractivity (Wildman–Crippen MR) is 89.4 cm³/mol. The summed E-state index contributed by atoms with van der Waals surface area (Å²) in [6, 6.07) is 7.10. The van der Waals surface area contributed by atoms with E-state index < -0.39 is 10.0 Å². The SMILES string of the molecule is CN(C)S(=O)(=O)c1ccccc1NCC1CSCCS1. The van der Waals surface area contributed by atoms with Crippen molar-refractivity contribution in [1.29, 1.82) is 0 Å². The van der Waals surface area contributed by atoms with Crippen molar-refractivity contribution in [2.45, 2.75) is 10.1 Å². The Balaban J connectivity index is 2.12. The third-order valence-corrected chi connectivity index (χ3v) is 7.77. The average molecular weight is 333 g/mol. The van der Waals surface area contributed by atoms with E-state index in [2.05, 4.69) is 5.32 Å². The second-order valence-corrected chi connectivity index (χ2v) is 9.41. The van der Waals surface area contributed by atoms with Crippen LogP contribution in [0.4, 0.5) is 5.69 Å². The topological polar surface area (TPSA) is 49.4 Å². The number of rotatable bonds is 5. The molecule has 1 aromatic rings. The van der Waals surface area contributed by atoms with Crippen molar-refractivity contribution in [1.82, 2.24) is 4.31 Å². The highest BCUT2D eigenvalue weighted by atomic mass is 32.2. The Labute approximate surface area is 129 Å². The summed E-state index contributed by atoms with van der Waals surface area (Å²) >= 11 is 3.92. The lowest BCUT2D eigenvalue weighted by Crippen LogP contribution is -2.26. The molecular formula is C13H20N2O2S3. The Morgan fingerprint density at radius 3 is 2.70 bits per heavy atom. The molecule has 2 rings (SSSR count). The Hall–Kier alpha value is -0.370. The van der Waals surface area contributed by atoms with E-state index in [-0.39, 0.29) is 0 Å². The quantitative estimate of drug-likeness (QED) is 0.896. The highest BCUT2D eigenvalue weighted by Crippen LogP contribution is 2.27. The zero-order valence-electron chi connectivity index (χ0n) is 11.7. The van der Waals surface area contributed by atoms with Crippen LogP contribution < -0.4 is 5.32 Å². The lowest BCUT2D eigenvalue weighted by atomic mass is 10.3. The van der Waals surface area contributed by atoms with Gasteiger partial charge in [0.15, 0.2) is 0 Å². The summed E-state index contributed by atoms with van der Waals surface area (Å²) in [5, 5.41) is 3.85. The van der Waals surface area contributed by atoms with Gasteiger partial charge in [-0.25, -0.2) is 12.7 Å². The summed E-state index contributed by atoms with van der Waals surface area (Å²) < 4.78 is 25.8. The molecule has 1 fully saturated rings. The van der Waals surface area contributed by atoms with Crippen LogP contribution in [0.25, 0.3) is 0 Å². The van der Waals surface area contributed by atoms with Gasteiger partial charge in [-0.15, -0.1) is 0 Å². The number of hydrogen-bond acceptors (Lipinski definition) is 5. The van der Waals surface area contributed by atoms with Crippen molar-refractivity contribution >= 4 is 39.2 Å². The number of anilines is 1. The average Bonchev–Trinajstić information content (AvgIpc) is 2.46. The maximum atomic E-state index is 12.3. The van der Waals surface area contributed by atoms with Gasteiger partial charge in [0.2, 0.25) is 10.0 Å². The monoisotopic (exact) mass is 332 g/mol. The van der Waals surface area contributed by atoms with Crippen molar-refractivity contribution in [2.75, 3.05) is 43.2 Å². The highest BCUT2D eigenvalue weighted by molar-refractivity contribution is 8.06. The smallest absolute Gasteiger partial charge is 0.244 e. The van der Waals surface area contributed by atoms with E-state index in [4.69, 9.17) is 0 Å². The summed E-state index contributed by atoms with van der Waals surface area (Å²) in [6.45, 7) is 0.803. The Morgan fingerprint density at radius 2 is 2.05 bits per heavy atom. The van der Waals surface area contributed by atoms with Gasteiger partial charge in [-0.05, 0) is 12.1 Å². The Bertz CT molecular complexity index is 540. The van der Waals surface area contributed by atoms with Crippen LogP contribution in [-0.4, -0.2) is 55.9 Å². The van der Waals surface area contributed by atoms with Crippen LogP contribution in [0.3, 0.4) is 0 Å². The predicted octanol–water partition coefficient (Wildman–Crippen LogP) is 2.20. The van der Waals surface area contributed by atoms with Crippen LogP contribution in [-0.2, 0) is 10.0 Å². The van der Waals surface area contributed by atoms with Gasteiger partial charge in [0.25, 0.3) is 0 Å². The fraction of sp³-hybridized carbons (Fsp3) is 0.538. The van der Waals surface area contributed by atoms with E-state index in [9.17, 15) is 8.42 Å². The zero-order valence-corrected chi connectivity index (χ0v) is 14.2. The number of para-hydroxylation sites is 1. The number of thioether (sulfide) groups is 2. The maximum Gasteiger partial charge on any atom is 0.244 e. The van der Waals surface area contributed by atoms with E-state index in [1.165, 1.54) is 15.8 Å². The van der Waals surface area contributed by atoms with Crippen molar-refractivity contribution in [2.24, 2.45) is 0 Å². The van der Waals surface area contributed by atoms with Crippen LogP contribution in [0.15, 0.2) is 29.2 Å². The summed E-state index contributed by atoms with van der Waals surface area (Å²) in [6.07, 6.45) is 0. The molecule has 1 heterocycles. The zero-order chi connectivity index (χ0) is 14.6. The molecule has 1 saturated heterocycles. The second-order valence-electron chi connectivity index (χ2n) is 4.73. The minimum absolute atomic E-state index is 0.346. The summed E-state index contributed by atoms with van der Waals surface area (Å²) in [7, 11) is -0.291. The number of nitrogens with zero attached hydrogens (tertiary/aromatic N) is 1. The van der Waals surface area contributed by atoms with Gasteiger partial charge in [-0.3, -0.25) is 0 Å². The molecule has 0 saturated carbocycles. The molecule has 7 heteroatoms. The summed E-state index contributed by atoms with van der Waals surface area (Å²) in [5.41, 5.74) is 0.692. The first kappa shape index (κ1) is 16.0. The van der Waals surface area contributed by atoms with E-state index in [0.29, 0.717) is 15.8 Å². The summed E-state index contributed by atoms with van der Waals surface area (Å²) in [4.78, 5) is 0.346. The van der Waals surface area contributed by atoms with Crippen LogP contribution >= 0.6 is 23.5 Å². The molecule has 1 aromatic carbocycles. The number of nitrogens with one attached hydrogen (secondary N) is 1. The number of hydrogen-bond donors (Lipinski definition) is 1. The Kier molecular flexibility index (Phi) is 5.65. The van der Waals surface area contributed by atoms with Gasteiger partial charge in [0, 0.05) is 43.1 Å². The fourth-order valence-electron chi connectivity index (χ4n) is 1.91. The van der Waals surface area contributed by atoms with Crippen molar-refractivity contribution in [3.63, 3.8) is 0 Å². The van der Waals surface area contributed by atoms with E-state index in [1.807, 2.05) is 35.7 Å². The van der Waals surface area contributed by atoms with Crippen LogP contribution in [0, 0.1) is 0 Å². The normalized spacial score (nSPS) is 20.1. The van der Waals surface area contributed by atoms with E-state index in [0.717, 1.165) is 12.3 Å². The molecule has 1 unspecified atom stereocenters. The Morgan fingerprint density at radius 1 is 1.30 bits per heavy atom. The molecule has 0 amide bonds. The molecule has 0 aliphatic carbocycles. The fourth-order valence-corrected chi connectivity index (χ4v) is 5.59. The van der Waals surface area contributed by atoms with Crippen LogP contribution in [0.2, 0.25) is 0 Å². The third kappa shape index (κ3) is 3.84. The standard InChI is InChI=1S/C13H20N2O2S3/c1-15(2)20(16,17)13-6-4-3-5-12(13)14-9-11-10-18-7-8-19-11/h3-6,11,14H,7-10H2,1-2H3. The molecule has 0 spiro atoms. The van der Waals surface area contributed by atoms with Crippen molar-refractivity contribution < 1.29 is 8.42 Å². The molecule has 0 radical (unpaired) electrons. The minimum atomic E-state index is -3.40. The summed E-state index contributed by atoms with van der Waals surface area (Å²) in [5.74, 6) is 3.52. The van der Waals surface area contributed by atoms with Gasteiger partial charge in [0.1, 0.15) is 4.90 Å². The molecule has 0 aromatic heterocycles. The molecular weight excluding hydrogens is 312 g/mol. The van der Waals surface area contributed by atoms with E-state index >= 15 is 0 Å². The number of benzene rings is 1. The molecule has 1 N–H and O–H groups in total. The highest BCUT2D eigenvalue weighted by Gasteiger charge is 2.21. The molecule has 0 bridgehead atoms. The minimum Gasteiger partial charge on any atom is -0.383 e. The van der Waals surface area contributed by atoms with Gasteiger partial charge in [0.05, 0.1) is 5.69 Å². The van der Waals surface area contributed by atoms with Gasteiger partial charge >= 0.3 is 0 Å². The molecule has 4 nitrogen and oxygen atoms in total. The second kappa shape index (κ2) is 7.06. The maximum absolute atomic E-state index is 12.3. The molecule has 1 atom stereocenters. The first-order valence-electron chi connectivity index (χ1n) is 6.46.